The average Bonchev–Trinajstić information content (AvgIpc) is 2.44. The van der Waals surface area contributed by atoms with E-state index in [9.17, 15) is 0 Å². The summed E-state index contributed by atoms with van der Waals surface area (Å²) in [5, 5.41) is 7.17. The molecule has 4 unspecified atom stereocenters. The second-order valence-electron chi connectivity index (χ2n) is 6.82. The first-order chi connectivity index (χ1) is 9.50. The number of nitrogens with zero attached hydrogens (tertiary/aromatic N) is 1. The Hall–Kier alpha value is -0.0400. The molecule has 5 heteroatoms. The van der Waals surface area contributed by atoms with E-state index in [2.05, 4.69) is 50.2 Å². The third-order valence-corrected chi connectivity index (χ3v) is 4.94. The molecule has 2 fully saturated rings. The number of hydrogen-bond acceptors (Lipinski definition) is 2. The molecule has 0 spiro atoms. The van der Waals surface area contributed by atoms with Gasteiger partial charge in [-0.05, 0) is 33.1 Å². The first-order valence-corrected chi connectivity index (χ1v) is 8.19. The quantitative estimate of drug-likeness (QED) is 0.426. The highest BCUT2D eigenvalue weighted by Gasteiger charge is 2.58. The molecule has 2 N–H and O–H groups in total. The van der Waals surface area contributed by atoms with E-state index in [1.807, 2.05) is 0 Å². The Morgan fingerprint density at radius 2 is 2.10 bits per heavy atom. The number of nitrogens with one attached hydrogen (secondary N) is 2. The van der Waals surface area contributed by atoms with Crippen molar-refractivity contribution in [1.29, 1.82) is 0 Å². The summed E-state index contributed by atoms with van der Waals surface area (Å²) in [6.45, 7) is 12.8. The fourth-order valence-corrected chi connectivity index (χ4v) is 3.59. The van der Waals surface area contributed by atoms with Gasteiger partial charge in [0.05, 0.1) is 6.10 Å². The molecule has 1 aliphatic heterocycles. The summed E-state index contributed by atoms with van der Waals surface area (Å²) >= 11 is 0. The molecule has 1 heterocycles. The van der Waals surface area contributed by atoms with Gasteiger partial charge in [-0.1, -0.05) is 20.8 Å². The summed E-state index contributed by atoms with van der Waals surface area (Å²) in [5.74, 6) is 1.60. The number of aliphatic imine (C=N–C) groups is 1. The van der Waals surface area contributed by atoms with E-state index < -0.39 is 0 Å². The summed E-state index contributed by atoms with van der Waals surface area (Å²) < 4.78 is 5.97. The molecular formula is C16H32IN3O. The Morgan fingerprint density at radius 3 is 2.71 bits per heavy atom. The van der Waals surface area contributed by atoms with Gasteiger partial charge in [-0.3, -0.25) is 4.99 Å². The van der Waals surface area contributed by atoms with Gasteiger partial charge in [0.1, 0.15) is 0 Å². The lowest BCUT2D eigenvalue weighted by atomic mass is 9.55. The van der Waals surface area contributed by atoms with Crippen LogP contribution >= 0.6 is 24.0 Å². The minimum atomic E-state index is 0. The average molecular weight is 409 g/mol. The summed E-state index contributed by atoms with van der Waals surface area (Å²) in [4.78, 5) is 4.59. The molecule has 0 amide bonds. The molecule has 4 atom stereocenters. The van der Waals surface area contributed by atoms with Crippen LogP contribution in [-0.2, 0) is 4.74 Å². The molecule has 1 saturated heterocycles. The second kappa shape index (κ2) is 7.99. The predicted octanol–water partition coefficient (Wildman–Crippen LogP) is 3.16. The van der Waals surface area contributed by atoms with Crippen LogP contribution in [0.4, 0.5) is 0 Å². The Labute approximate surface area is 146 Å². The zero-order chi connectivity index (χ0) is 14.8. The number of halogens is 1. The first-order valence-electron chi connectivity index (χ1n) is 8.19. The predicted molar refractivity (Wildman–Crippen MR) is 99.4 cm³/mol. The van der Waals surface area contributed by atoms with E-state index in [4.69, 9.17) is 4.74 Å². The molecule has 0 aromatic carbocycles. The Balaban J connectivity index is 0.00000220. The van der Waals surface area contributed by atoms with Crippen molar-refractivity contribution in [1.82, 2.24) is 10.6 Å². The molecule has 0 aromatic heterocycles. The molecule has 4 nitrogen and oxygen atoms in total. The Morgan fingerprint density at radius 1 is 1.38 bits per heavy atom. The largest absolute Gasteiger partial charge is 0.377 e. The maximum atomic E-state index is 5.97. The molecule has 1 saturated carbocycles. The van der Waals surface area contributed by atoms with Gasteiger partial charge in [0.2, 0.25) is 0 Å². The number of hydrogen-bond donors (Lipinski definition) is 2. The van der Waals surface area contributed by atoms with E-state index in [1.165, 1.54) is 12.8 Å². The van der Waals surface area contributed by atoms with Crippen LogP contribution < -0.4 is 10.6 Å². The lowest BCUT2D eigenvalue weighted by Crippen LogP contribution is -2.71. The Kier molecular flexibility index (Phi) is 7.24. The zero-order valence-corrected chi connectivity index (χ0v) is 16.4. The summed E-state index contributed by atoms with van der Waals surface area (Å²) in [6, 6.07) is 0.920. The van der Waals surface area contributed by atoms with Crippen molar-refractivity contribution in [3.8, 4) is 0 Å². The van der Waals surface area contributed by atoms with Gasteiger partial charge in [-0.25, -0.2) is 0 Å². The number of ether oxygens (including phenoxy) is 1. The van der Waals surface area contributed by atoms with Crippen LogP contribution in [0.5, 0.6) is 0 Å². The van der Waals surface area contributed by atoms with Gasteiger partial charge in [-0.2, -0.15) is 0 Å². The highest BCUT2D eigenvalue weighted by Crippen LogP contribution is 2.51. The van der Waals surface area contributed by atoms with Crippen molar-refractivity contribution in [3.05, 3.63) is 0 Å². The van der Waals surface area contributed by atoms with Crippen LogP contribution in [0.25, 0.3) is 0 Å². The highest BCUT2D eigenvalue weighted by atomic mass is 127. The normalized spacial score (nSPS) is 32.2. The third-order valence-electron chi connectivity index (χ3n) is 4.94. The second-order valence-corrected chi connectivity index (χ2v) is 6.82. The summed E-state index contributed by atoms with van der Waals surface area (Å²) in [6.07, 6.45) is 3.98. The molecule has 124 valence electrons. The van der Waals surface area contributed by atoms with Crippen LogP contribution in [0.2, 0.25) is 0 Å². The van der Waals surface area contributed by atoms with Crippen LogP contribution in [0.1, 0.15) is 53.9 Å². The zero-order valence-electron chi connectivity index (χ0n) is 14.1. The van der Waals surface area contributed by atoms with Gasteiger partial charge in [-0.15, -0.1) is 24.0 Å². The molecular weight excluding hydrogens is 377 g/mol. The van der Waals surface area contributed by atoms with Gasteiger partial charge < -0.3 is 15.4 Å². The van der Waals surface area contributed by atoms with E-state index in [1.54, 1.807) is 0 Å². The van der Waals surface area contributed by atoms with Gasteiger partial charge in [0, 0.05) is 36.6 Å². The number of rotatable bonds is 4. The third kappa shape index (κ3) is 4.03. The summed E-state index contributed by atoms with van der Waals surface area (Å²) in [7, 11) is 0. The van der Waals surface area contributed by atoms with E-state index in [-0.39, 0.29) is 29.4 Å². The fraction of sp³-hybridized carbons (Fsp3) is 0.938. The van der Waals surface area contributed by atoms with Crippen molar-refractivity contribution in [2.24, 2.45) is 16.3 Å². The molecule has 0 bridgehead atoms. The maximum absolute atomic E-state index is 5.97. The van der Waals surface area contributed by atoms with Crippen molar-refractivity contribution in [2.75, 3.05) is 13.2 Å². The standard InChI is InChI=1S/C16H31N3O.HI/c1-6-11(3)18-15(17-7-2)19-13-12-9-8-10-20-14(12)16(13,4)5;/h11-14H,6-10H2,1-5H3,(H2,17,18,19);1H. The first kappa shape index (κ1) is 19.0. The SMILES string of the molecule is CCN=C(NC(C)CC)NC1C2CCCOC2C1(C)C.I. The molecule has 0 radical (unpaired) electrons. The molecule has 2 aliphatic rings. The lowest BCUT2D eigenvalue weighted by molar-refractivity contribution is -0.188. The van der Waals surface area contributed by atoms with Crippen LogP contribution in [-0.4, -0.2) is 37.3 Å². The smallest absolute Gasteiger partial charge is 0.191 e. The fourth-order valence-electron chi connectivity index (χ4n) is 3.59. The minimum absolute atomic E-state index is 0. The monoisotopic (exact) mass is 409 g/mol. The van der Waals surface area contributed by atoms with Gasteiger partial charge in [0.25, 0.3) is 0 Å². The highest BCUT2D eigenvalue weighted by molar-refractivity contribution is 14.0. The van der Waals surface area contributed by atoms with Crippen molar-refractivity contribution in [2.45, 2.75) is 72.1 Å². The van der Waals surface area contributed by atoms with E-state index in [0.717, 1.165) is 25.5 Å². The van der Waals surface area contributed by atoms with Crippen LogP contribution in [0.3, 0.4) is 0 Å². The van der Waals surface area contributed by atoms with Gasteiger partial charge in [0.15, 0.2) is 5.96 Å². The summed E-state index contributed by atoms with van der Waals surface area (Å²) in [5.41, 5.74) is 0.191. The molecule has 2 rings (SSSR count). The van der Waals surface area contributed by atoms with Crippen LogP contribution in [0, 0.1) is 11.3 Å². The van der Waals surface area contributed by atoms with Crippen LogP contribution in [0.15, 0.2) is 4.99 Å². The lowest BCUT2D eigenvalue weighted by Gasteiger charge is -2.60. The van der Waals surface area contributed by atoms with Crippen molar-refractivity contribution < 1.29 is 4.74 Å². The topological polar surface area (TPSA) is 45.7 Å². The van der Waals surface area contributed by atoms with Crippen molar-refractivity contribution >= 4 is 29.9 Å². The van der Waals surface area contributed by atoms with E-state index >= 15 is 0 Å². The van der Waals surface area contributed by atoms with Gasteiger partial charge >= 0.3 is 0 Å². The molecule has 1 aliphatic carbocycles. The number of fused-ring (bicyclic) bond motifs is 1. The Bertz CT molecular complexity index is 359. The van der Waals surface area contributed by atoms with Crippen molar-refractivity contribution in [3.63, 3.8) is 0 Å². The maximum Gasteiger partial charge on any atom is 0.191 e. The molecule has 21 heavy (non-hydrogen) atoms. The number of guanidine groups is 1. The molecule has 0 aromatic rings. The minimum Gasteiger partial charge on any atom is -0.377 e. The van der Waals surface area contributed by atoms with E-state index in [0.29, 0.717) is 24.1 Å².